The Morgan fingerprint density at radius 3 is 2.73 bits per heavy atom. The highest BCUT2D eigenvalue weighted by molar-refractivity contribution is 5.94. The molecule has 1 aliphatic heterocycles. The first kappa shape index (κ1) is 15.5. The Hall–Kier alpha value is -1.39. The molecule has 1 aromatic rings. The Labute approximate surface area is 133 Å². The predicted molar refractivity (Wildman–Crippen MR) is 89.0 cm³/mol. The van der Waals surface area contributed by atoms with E-state index in [0.717, 1.165) is 24.7 Å². The van der Waals surface area contributed by atoms with Crippen LogP contribution in [-0.2, 0) is 0 Å². The summed E-state index contributed by atoms with van der Waals surface area (Å²) in [6.07, 6.45) is 5.48. The van der Waals surface area contributed by atoms with Gasteiger partial charge in [0.05, 0.1) is 0 Å². The lowest BCUT2D eigenvalue weighted by Gasteiger charge is -2.42. The summed E-state index contributed by atoms with van der Waals surface area (Å²) in [5.74, 6) is -0.00652. The normalized spacial score (nSPS) is 24.5. The molecule has 2 fully saturated rings. The van der Waals surface area contributed by atoms with Crippen molar-refractivity contribution < 1.29 is 4.79 Å². The number of benzene rings is 1. The quantitative estimate of drug-likeness (QED) is 0.930. The zero-order chi connectivity index (χ0) is 15.5. The Morgan fingerprint density at radius 1 is 1.23 bits per heavy atom. The fourth-order valence-electron chi connectivity index (χ4n) is 3.89. The highest BCUT2D eigenvalue weighted by Crippen LogP contribution is 2.30. The molecule has 0 spiro atoms. The van der Waals surface area contributed by atoms with E-state index >= 15 is 0 Å². The standard InChI is InChI=1S/C18H27N3O/c1-19-18(22)15-7-5-6-14(12-15)17-13-21(11-10-20(17)2)16-8-3-4-9-16/h5-7,12,16-17H,3-4,8-11,13H2,1-2H3,(H,19,22)/t17-/m1/s1. The number of rotatable bonds is 3. The smallest absolute Gasteiger partial charge is 0.251 e. The number of amides is 1. The molecule has 1 saturated carbocycles. The molecule has 4 nitrogen and oxygen atoms in total. The molecule has 1 atom stereocenters. The van der Waals surface area contributed by atoms with Crippen LogP contribution in [0, 0.1) is 0 Å². The molecule has 4 heteroatoms. The number of hydrogen-bond acceptors (Lipinski definition) is 3. The maximum absolute atomic E-state index is 11.9. The average molecular weight is 301 g/mol. The first-order valence-electron chi connectivity index (χ1n) is 8.45. The number of hydrogen-bond donors (Lipinski definition) is 1. The van der Waals surface area contributed by atoms with Gasteiger partial charge in [-0.15, -0.1) is 0 Å². The van der Waals surface area contributed by atoms with Gasteiger partial charge in [-0.25, -0.2) is 0 Å². The van der Waals surface area contributed by atoms with Crippen molar-refractivity contribution in [2.24, 2.45) is 0 Å². The Kier molecular flexibility index (Phi) is 4.79. The molecule has 1 N–H and O–H groups in total. The van der Waals surface area contributed by atoms with Crippen molar-refractivity contribution in [1.29, 1.82) is 0 Å². The number of piperazine rings is 1. The number of nitrogens with one attached hydrogen (secondary N) is 1. The average Bonchev–Trinajstić information content (AvgIpc) is 3.09. The summed E-state index contributed by atoms with van der Waals surface area (Å²) < 4.78 is 0. The van der Waals surface area contributed by atoms with Gasteiger partial charge >= 0.3 is 0 Å². The first-order valence-corrected chi connectivity index (χ1v) is 8.45. The lowest BCUT2D eigenvalue weighted by atomic mass is 9.99. The van der Waals surface area contributed by atoms with Gasteiger partial charge in [0.1, 0.15) is 0 Å². The zero-order valence-electron chi connectivity index (χ0n) is 13.7. The number of likely N-dealkylation sites (N-methyl/N-ethyl adjacent to an activating group) is 1. The molecule has 0 aromatic heterocycles. The maximum Gasteiger partial charge on any atom is 0.251 e. The highest BCUT2D eigenvalue weighted by atomic mass is 16.1. The van der Waals surface area contributed by atoms with Gasteiger partial charge in [0.2, 0.25) is 0 Å². The van der Waals surface area contributed by atoms with Gasteiger partial charge in [-0.2, -0.15) is 0 Å². The van der Waals surface area contributed by atoms with E-state index in [1.807, 2.05) is 12.1 Å². The molecular weight excluding hydrogens is 274 g/mol. The van der Waals surface area contributed by atoms with Crippen molar-refractivity contribution in [1.82, 2.24) is 15.1 Å². The van der Waals surface area contributed by atoms with Crippen LogP contribution in [0.25, 0.3) is 0 Å². The molecule has 120 valence electrons. The largest absolute Gasteiger partial charge is 0.355 e. The molecule has 1 heterocycles. The minimum Gasteiger partial charge on any atom is -0.355 e. The van der Waals surface area contributed by atoms with E-state index in [-0.39, 0.29) is 5.91 Å². The van der Waals surface area contributed by atoms with Crippen molar-refractivity contribution in [2.75, 3.05) is 33.7 Å². The zero-order valence-corrected chi connectivity index (χ0v) is 13.7. The van der Waals surface area contributed by atoms with E-state index < -0.39 is 0 Å². The lowest BCUT2D eigenvalue weighted by molar-refractivity contribution is 0.0655. The lowest BCUT2D eigenvalue weighted by Crippen LogP contribution is -2.49. The Morgan fingerprint density at radius 2 is 2.00 bits per heavy atom. The number of carbonyl (C=O) groups is 1. The minimum absolute atomic E-state index is 0.00652. The second-order valence-corrected chi connectivity index (χ2v) is 6.63. The van der Waals surface area contributed by atoms with Gasteiger partial charge in [0.25, 0.3) is 5.91 Å². The molecule has 0 unspecified atom stereocenters. The number of nitrogens with zero attached hydrogens (tertiary/aromatic N) is 2. The molecule has 0 radical (unpaired) electrons. The summed E-state index contributed by atoms with van der Waals surface area (Å²) in [5, 5.41) is 2.71. The molecule has 22 heavy (non-hydrogen) atoms. The van der Waals surface area contributed by atoms with Crippen molar-refractivity contribution >= 4 is 5.91 Å². The summed E-state index contributed by atoms with van der Waals surface area (Å²) in [4.78, 5) is 17.0. The topological polar surface area (TPSA) is 35.6 Å². The molecule has 3 rings (SSSR count). The SMILES string of the molecule is CNC(=O)c1cccc([C@H]2CN(C3CCCC3)CCN2C)c1. The van der Waals surface area contributed by atoms with Crippen molar-refractivity contribution in [2.45, 2.75) is 37.8 Å². The van der Waals surface area contributed by atoms with Crippen molar-refractivity contribution in [3.8, 4) is 0 Å². The van der Waals surface area contributed by atoms with Crippen LogP contribution < -0.4 is 5.32 Å². The van der Waals surface area contributed by atoms with Crippen LogP contribution in [0.3, 0.4) is 0 Å². The summed E-state index contributed by atoms with van der Waals surface area (Å²) in [6.45, 7) is 3.36. The van der Waals surface area contributed by atoms with E-state index in [2.05, 4.69) is 34.3 Å². The highest BCUT2D eigenvalue weighted by Gasteiger charge is 2.31. The van der Waals surface area contributed by atoms with Crippen molar-refractivity contribution in [3.63, 3.8) is 0 Å². The monoisotopic (exact) mass is 301 g/mol. The molecule has 1 aliphatic carbocycles. The fraction of sp³-hybridized carbons (Fsp3) is 0.611. The van der Waals surface area contributed by atoms with Gasteiger partial charge in [0.15, 0.2) is 0 Å². The molecule has 2 aliphatic rings. The third kappa shape index (κ3) is 3.18. The molecular formula is C18H27N3O. The van der Waals surface area contributed by atoms with E-state index in [9.17, 15) is 4.79 Å². The second kappa shape index (κ2) is 6.80. The Balaban J connectivity index is 1.77. The van der Waals surface area contributed by atoms with E-state index in [1.54, 1.807) is 7.05 Å². The third-order valence-corrected chi connectivity index (χ3v) is 5.28. The van der Waals surface area contributed by atoms with Crippen LogP contribution >= 0.6 is 0 Å². The molecule has 0 bridgehead atoms. The van der Waals surface area contributed by atoms with Gasteiger partial charge in [-0.1, -0.05) is 25.0 Å². The minimum atomic E-state index is -0.00652. The third-order valence-electron chi connectivity index (χ3n) is 5.28. The summed E-state index contributed by atoms with van der Waals surface area (Å²) in [7, 11) is 3.88. The first-order chi connectivity index (χ1) is 10.7. The molecule has 1 aromatic carbocycles. The summed E-state index contributed by atoms with van der Waals surface area (Å²) in [5.41, 5.74) is 2.01. The summed E-state index contributed by atoms with van der Waals surface area (Å²) >= 11 is 0. The fourth-order valence-corrected chi connectivity index (χ4v) is 3.89. The van der Waals surface area contributed by atoms with Gasteiger partial charge in [-0.05, 0) is 37.6 Å². The second-order valence-electron chi connectivity index (χ2n) is 6.63. The van der Waals surface area contributed by atoms with Crippen LogP contribution in [0.15, 0.2) is 24.3 Å². The van der Waals surface area contributed by atoms with E-state index in [1.165, 1.54) is 37.8 Å². The molecule has 1 amide bonds. The number of carbonyl (C=O) groups excluding carboxylic acids is 1. The van der Waals surface area contributed by atoms with Crippen molar-refractivity contribution in [3.05, 3.63) is 35.4 Å². The van der Waals surface area contributed by atoms with Crippen LogP contribution in [0.1, 0.15) is 47.6 Å². The maximum atomic E-state index is 11.9. The van der Waals surface area contributed by atoms with Gasteiger partial charge in [0, 0.05) is 44.3 Å². The van der Waals surface area contributed by atoms with Crippen LogP contribution in [0.2, 0.25) is 0 Å². The van der Waals surface area contributed by atoms with E-state index in [0.29, 0.717) is 6.04 Å². The van der Waals surface area contributed by atoms with E-state index in [4.69, 9.17) is 0 Å². The van der Waals surface area contributed by atoms with Gasteiger partial charge < -0.3 is 5.32 Å². The van der Waals surface area contributed by atoms with Gasteiger partial charge in [-0.3, -0.25) is 14.6 Å². The predicted octanol–water partition coefficient (Wildman–Crippen LogP) is 2.28. The van der Waals surface area contributed by atoms with Crippen LogP contribution in [0.5, 0.6) is 0 Å². The summed E-state index contributed by atoms with van der Waals surface area (Å²) in [6, 6.07) is 9.27. The molecule has 1 saturated heterocycles. The van der Waals surface area contributed by atoms with Crippen LogP contribution in [0.4, 0.5) is 0 Å². The van der Waals surface area contributed by atoms with Crippen LogP contribution in [-0.4, -0.2) is 55.5 Å². The Bertz CT molecular complexity index is 525.